The lowest BCUT2D eigenvalue weighted by atomic mass is 10.2. The Morgan fingerprint density at radius 3 is 2.52 bits per heavy atom. The smallest absolute Gasteiger partial charge is 0.198 e. The molecule has 3 rings (SSSR count). The van der Waals surface area contributed by atoms with E-state index in [2.05, 4.69) is 26.2 Å². The van der Waals surface area contributed by atoms with E-state index in [4.69, 9.17) is 4.74 Å². The first-order valence-corrected chi connectivity index (χ1v) is 7.41. The summed E-state index contributed by atoms with van der Waals surface area (Å²) in [6.07, 6.45) is 5.21. The number of halogens is 3. The molecule has 0 unspecified atom stereocenters. The summed E-state index contributed by atoms with van der Waals surface area (Å²) < 4.78 is 33.9. The molecule has 0 radical (unpaired) electrons. The van der Waals surface area contributed by atoms with E-state index in [0.29, 0.717) is 22.6 Å². The molecular formula is C15H13BrF2N2O. The van der Waals surface area contributed by atoms with Crippen molar-refractivity contribution < 1.29 is 13.5 Å². The lowest BCUT2D eigenvalue weighted by molar-refractivity contribution is 0.404. The maximum absolute atomic E-state index is 14.0. The maximum atomic E-state index is 14.0. The van der Waals surface area contributed by atoms with Gasteiger partial charge in [-0.15, -0.1) is 0 Å². The molecule has 0 saturated heterocycles. The Labute approximate surface area is 129 Å². The fourth-order valence-corrected chi connectivity index (χ4v) is 2.27. The van der Waals surface area contributed by atoms with Crippen molar-refractivity contribution in [2.24, 2.45) is 0 Å². The summed E-state index contributed by atoms with van der Waals surface area (Å²) in [5.41, 5.74) is 0.566. The lowest BCUT2D eigenvalue weighted by Gasteiger charge is -2.10. The quantitative estimate of drug-likeness (QED) is 0.874. The van der Waals surface area contributed by atoms with Gasteiger partial charge in [-0.25, -0.2) is 8.78 Å². The van der Waals surface area contributed by atoms with E-state index in [1.165, 1.54) is 18.3 Å². The van der Waals surface area contributed by atoms with Crippen molar-refractivity contribution >= 4 is 15.9 Å². The predicted molar refractivity (Wildman–Crippen MR) is 78.2 cm³/mol. The maximum Gasteiger partial charge on any atom is 0.198 e. The third kappa shape index (κ3) is 3.77. The first-order chi connectivity index (χ1) is 10.1. The van der Waals surface area contributed by atoms with Crippen LogP contribution in [0, 0.1) is 11.6 Å². The molecule has 1 N–H and O–H groups in total. The zero-order chi connectivity index (χ0) is 14.8. The summed E-state index contributed by atoms with van der Waals surface area (Å²) >= 11 is 3.23. The molecule has 1 heterocycles. The SMILES string of the molecule is Fc1cc(CNC2CC2)cc(F)c1Oc1cncc(Br)c1. The van der Waals surface area contributed by atoms with Gasteiger partial charge in [-0.05, 0) is 52.5 Å². The summed E-state index contributed by atoms with van der Waals surface area (Å²) in [5, 5.41) is 3.21. The van der Waals surface area contributed by atoms with Gasteiger partial charge in [0.15, 0.2) is 17.4 Å². The average Bonchev–Trinajstić information content (AvgIpc) is 3.25. The van der Waals surface area contributed by atoms with E-state index >= 15 is 0 Å². The molecule has 1 aromatic heterocycles. The van der Waals surface area contributed by atoms with Crippen LogP contribution in [0.4, 0.5) is 8.78 Å². The van der Waals surface area contributed by atoms with Crippen molar-refractivity contribution in [2.45, 2.75) is 25.4 Å². The van der Waals surface area contributed by atoms with Gasteiger partial charge in [0.1, 0.15) is 5.75 Å². The van der Waals surface area contributed by atoms with E-state index < -0.39 is 17.4 Å². The van der Waals surface area contributed by atoms with Crippen LogP contribution in [0.15, 0.2) is 35.1 Å². The number of aromatic nitrogens is 1. The minimum atomic E-state index is -0.720. The molecule has 21 heavy (non-hydrogen) atoms. The average molecular weight is 355 g/mol. The largest absolute Gasteiger partial charge is 0.450 e. The number of hydrogen-bond donors (Lipinski definition) is 1. The van der Waals surface area contributed by atoms with E-state index in [1.807, 2.05) is 0 Å². The third-order valence-corrected chi connectivity index (χ3v) is 3.56. The van der Waals surface area contributed by atoms with Crippen LogP contribution < -0.4 is 10.1 Å². The number of benzene rings is 1. The van der Waals surface area contributed by atoms with Crippen LogP contribution >= 0.6 is 15.9 Å². The molecule has 0 aliphatic heterocycles. The summed E-state index contributed by atoms with van der Waals surface area (Å²) in [6.45, 7) is 0.456. The molecule has 6 heteroatoms. The highest BCUT2D eigenvalue weighted by Crippen LogP contribution is 2.29. The molecule has 1 aliphatic rings. The molecule has 3 nitrogen and oxygen atoms in total. The summed E-state index contributed by atoms with van der Waals surface area (Å²) in [7, 11) is 0. The molecule has 0 spiro atoms. The summed E-state index contributed by atoms with van der Waals surface area (Å²) in [6, 6.07) is 4.66. The van der Waals surface area contributed by atoms with Gasteiger partial charge in [0, 0.05) is 23.3 Å². The van der Waals surface area contributed by atoms with Crippen molar-refractivity contribution in [2.75, 3.05) is 0 Å². The first kappa shape index (κ1) is 14.4. The van der Waals surface area contributed by atoms with Gasteiger partial charge in [-0.3, -0.25) is 4.98 Å². The van der Waals surface area contributed by atoms with Crippen LogP contribution in [-0.2, 0) is 6.54 Å². The molecular weight excluding hydrogens is 342 g/mol. The summed E-state index contributed by atoms with van der Waals surface area (Å²) in [5.74, 6) is -1.58. The van der Waals surface area contributed by atoms with E-state index in [-0.39, 0.29) is 5.75 Å². The molecule has 1 fully saturated rings. The standard InChI is InChI=1S/C15H13BrF2N2O/c16-10-5-12(8-19-7-10)21-15-13(17)3-9(4-14(15)18)6-20-11-1-2-11/h3-5,7-8,11,20H,1-2,6H2. The molecule has 0 bridgehead atoms. The third-order valence-electron chi connectivity index (χ3n) is 3.13. The first-order valence-electron chi connectivity index (χ1n) is 6.61. The number of ether oxygens (including phenoxy) is 1. The van der Waals surface area contributed by atoms with Crippen molar-refractivity contribution in [1.82, 2.24) is 10.3 Å². The second-order valence-corrected chi connectivity index (χ2v) is 5.90. The normalized spacial score (nSPS) is 14.2. The fourth-order valence-electron chi connectivity index (χ4n) is 1.93. The van der Waals surface area contributed by atoms with Crippen molar-refractivity contribution in [3.8, 4) is 11.5 Å². The second-order valence-electron chi connectivity index (χ2n) is 4.98. The topological polar surface area (TPSA) is 34.1 Å². The molecule has 1 aliphatic carbocycles. The number of nitrogens with zero attached hydrogens (tertiary/aromatic N) is 1. The van der Waals surface area contributed by atoms with Gasteiger partial charge in [-0.2, -0.15) is 0 Å². The lowest BCUT2D eigenvalue weighted by Crippen LogP contribution is -2.15. The summed E-state index contributed by atoms with van der Waals surface area (Å²) in [4.78, 5) is 3.89. The van der Waals surface area contributed by atoms with Gasteiger partial charge in [-0.1, -0.05) is 0 Å². The van der Waals surface area contributed by atoms with Crippen LogP contribution in [0.25, 0.3) is 0 Å². The highest BCUT2D eigenvalue weighted by Gasteiger charge is 2.21. The van der Waals surface area contributed by atoms with E-state index in [1.54, 1.807) is 12.3 Å². The van der Waals surface area contributed by atoms with Crippen molar-refractivity contribution in [1.29, 1.82) is 0 Å². The highest BCUT2D eigenvalue weighted by molar-refractivity contribution is 9.10. The van der Waals surface area contributed by atoms with Gasteiger partial charge >= 0.3 is 0 Å². The molecule has 110 valence electrons. The number of nitrogens with one attached hydrogen (secondary N) is 1. The second kappa shape index (κ2) is 6.07. The van der Waals surface area contributed by atoms with Gasteiger partial charge < -0.3 is 10.1 Å². The number of hydrogen-bond acceptors (Lipinski definition) is 3. The Morgan fingerprint density at radius 2 is 1.90 bits per heavy atom. The predicted octanol–water partition coefficient (Wildman–Crippen LogP) is 4.17. The van der Waals surface area contributed by atoms with Crippen LogP contribution in [-0.4, -0.2) is 11.0 Å². The molecule has 2 aromatic rings. The highest BCUT2D eigenvalue weighted by atomic mass is 79.9. The Balaban J connectivity index is 1.78. The molecule has 0 atom stereocenters. The van der Waals surface area contributed by atoms with E-state index in [9.17, 15) is 8.78 Å². The van der Waals surface area contributed by atoms with Crippen molar-refractivity contribution in [3.63, 3.8) is 0 Å². The monoisotopic (exact) mass is 354 g/mol. The van der Waals surface area contributed by atoms with E-state index in [0.717, 1.165) is 12.8 Å². The van der Waals surface area contributed by atoms with Crippen LogP contribution in [0.1, 0.15) is 18.4 Å². The fraction of sp³-hybridized carbons (Fsp3) is 0.267. The Bertz CT molecular complexity index is 639. The van der Waals surface area contributed by atoms with Crippen LogP contribution in [0.5, 0.6) is 11.5 Å². The molecule has 1 aromatic carbocycles. The van der Waals surface area contributed by atoms with Crippen molar-refractivity contribution in [3.05, 3.63) is 52.3 Å². The Hall–Kier alpha value is -1.53. The van der Waals surface area contributed by atoms with Crippen LogP contribution in [0.3, 0.4) is 0 Å². The van der Waals surface area contributed by atoms with Crippen LogP contribution in [0.2, 0.25) is 0 Å². The molecule has 1 saturated carbocycles. The minimum absolute atomic E-state index is 0.269. The number of pyridine rings is 1. The zero-order valence-corrected chi connectivity index (χ0v) is 12.7. The minimum Gasteiger partial charge on any atom is -0.450 e. The molecule has 0 amide bonds. The zero-order valence-electron chi connectivity index (χ0n) is 11.1. The number of rotatable bonds is 5. The van der Waals surface area contributed by atoms with Gasteiger partial charge in [0.2, 0.25) is 0 Å². The Kier molecular flexibility index (Phi) is 4.17. The van der Waals surface area contributed by atoms with Gasteiger partial charge in [0.05, 0.1) is 6.20 Å². The Morgan fingerprint density at radius 1 is 1.19 bits per heavy atom. The van der Waals surface area contributed by atoms with Gasteiger partial charge in [0.25, 0.3) is 0 Å².